The molecule has 5 nitrogen and oxygen atoms in total. The summed E-state index contributed by atoms with van der Waals surface area (Å²) in [6, 6.07) is 23.1. The second-order valence-corrected chi connectivity index (χ2v) is 11.3. The number of carbonyl (C=O) groups is 1. The molecule has 3 aromatic carbocycles. The highest BCUT2D eigenvalue weighted by molar-refractivity contribution is 7.90. The predicted molar refractivity (Wildman–Crippen MR) is 137 cm³/mol. The molecule has 1 unspecified atom stereocenters. The molecule has 34 heavy (non-hydrogen) atoms. The molecular weight excluding hydrogens is 464 g/mol. The maximum absolute atomic E-state index is 13.0. The Morgan fingerprint density at radius 3 is 2.38 bits per heavy atom. The normalized spacial score (nSPS) is 12.3. The molecule has 0 radical (unpaired) electrons. The molecule has 0 aliphatic rings. The van der Waals surface area contributed by atoms with E-state index >= 15 is 0 Å². The van der Waals surface area contributed by atoms with Gasteiger partial charge < -0.3 is 5.32 Å². The van der Waals surface area contributed by atoms with Crippen LogP contribution in [0.25, 0.3) is 10.6 Å². The zero-order valence-electron chi connectivity index (χ0n) is 19.3. The molecule has 4 rings (SSSR count). The molecule has 0 spiro atoms. The number of sulfone groups is 1. The summed E-state index contributed by atoms with van der Waals surface area (Å²) in [7, 11) is -3.49. The van der Waals surface area contributed by atoms with Gasteiger partial charge in [-0.3, -0.25) is 4.79 Å². The van der Waals surface area contributed by atoms with Crippen LogP contribution in [0.2, 0.25) is 0 Å². The van der Waals surface area contributed by atoms with Gasteiger partial charge in [0.05, 0.1) is 27.3 Å². The Morgan fingerprint density at radius 1 is 0.971 bits per heavy atom. The number of carbonyl (C=O) groups excluding carboxylic acids is 1. The van der Waals surface area contributed by atoms with Gasteiger partial charge in [-0.2, -0.15) is 0 Å². The third-order valence-corrected chi connectivity index (χ3v) is 8.61. The van der Waals surface area contributed by atoms with E-state index in [1.54, 1.807) is 65.9 Å². The molecule has 1 N–H and O–H groups in total. The van der Waals surface area contributed by atoms with E-state index in [4.69, 9.17) is 4.98 Å². The Kier molecular flexibility index (Phi) is 6.95. The fourth-order valence-electron chi connectivity index (χ4n) is 3.71. The molecule has 1 aromatic heterocycles. The summed E-state index contributed by atoms with van der Waals surface area (Å²) in [6.45, 7) is 5.92. The predicted octanol–water partition coefficient (Wildman–Crippen LogP) is 5.89. The number of benzene rings is 3. The van der Waals surface area contributed by atoms with Gasteiger partial charge in [0, 0.05) is 11.1 Å². The lowest BCUT2D eigenvalue weighted by Crippen LogP contribution is -2.26. The molecule has 4 aromatic rings. The van der Waals surface area contributed by atoms with Gasteiger partial charge in [0.2, 0.25) is 0 Å². The van der Waals surface area contributed by atoms with Gasteiger partial charge in [-0.25, -0.2) is 13.4 Å². The van der Waals surface area contributed by atoms with Crippen molar-refractivity contribution < 1.29 is 13.2 Å². The summed E-state index contributed by atoms with van der Waals surface area (Å²) in [4.78, 5) is 18.9. The third kappa shape index (κ3) is 5.43. The molecule has 0 aliphatic heterocycles. The molecule has 1 atom stereocenters. The minimum absolute atomic E-state index is 0.165. The quantitative estimate of drug-likeness (QED) is 0.350. The molecule has 0 fully saturated rings. The fourth-order valence-corrected chi connectivity index (χ4v) is 6.14. The lowest BCUT2D eigenvalue weighted by Gasteiger charge is -2.13. The van der Waals surface area contributed by atoms with E-state index in [0.717, 1.165) is 21.1 Å². The van der Waals surface area contributed by atoms with Crippen LogP contribution < -0.4 is 5.32 Å². The van der Waals surface area contributed by atoms with Crippen LogP contribution in [0.4, 0.5) is 0 Å². The van der Waals surface area contributed by atoms with Crippen LogP contribution in [0.3, 0.4) is 0 Å². The zero-order valence-corrected chi connectivity index (χ0v) is 20.9. The van der Waals surface area contributed by atoms with E-state index in [9.17, 15) is 13.2 Å². The Labute approximate surface area is 204 Å². The second-order valence-electron chi connectivity index (χ2n) is 8.30. The highest BCUT2D eigenvalue weighted by Crippen LogP contribution is 2.32. The Balaban J connectivity index is 1.48. The first kappa shape index (κ1) is 23.9. The number of nitrogens with one attached hydrogen (secondary N) is 1. The van der Waals surface area contributed by atoms with Crippen LogP contribution in [0, 0.1) is 13.8 Å². The maximum Gasteiger partial charge on any atom is 0.251 e. The number of nitrogens with zero attached hydrogens (tertiary/aromatic N) is 1. The van der Waals surface area contributed by atoms with Crippen LogP contribution in [0.5, 0.6) is 0 Å². The number of hydrogen-bond donors (Lipinski definition) is 1. The summed E-state index contributed by atoms with van der Waals surface area (Å²) >= 11 is 1.57. The van der Waals surface area contributed by atoms with Gasteiger partial charge in [0.25, 0.3) is 5.91 Å². The number of amides is 1. The van der Waals surface area contributed by atoms with Crippen LogP contribution in [-0.2, 0) is 15.6 Å². The van der Waals surface area contributed by atoms with E-state index in [-0.39, 0.29) is 22.6 Å². The smallest absolute Gasteiger partial charge is 0.251 e. The topological polar surface area (TPSA) is 76.1 Å². The van der Waals surface area contributed by atoms with E-state index in [1.807, 2.05) is 20.8 Å². The lowest BCUT2D eigenvalue weighted by molar-refractivity contribution is 0.0940. The van der Waals surface area contributed by atoms with Crippen molar-refractivity contribution in [2.24, 2.45) is 0 Å². The van der Waals surface area contributed by atoms with Crippen molar-refractivity contribution in [1.82, 2.24) is 10.3 Å². The number of thiazole rings is 1. The summed E-state index contributed by atoms with van der Waals surface area (Å²) in [6.07, 6.45) is 0. The second kappa shape index (κ2) is 9.91. The lowest BCUT2D eigenvalue weighted by atomic mass is 10.1. The van der Waals surface area contributed by atoms with Crippen molar-refractivity contribution >= 4 is 27.1 Å². The molecule has 174 valence electrons. The molecule has 0 aliphatic carbocycles. The number of rotatable bonds is 7. The van der Waals surface area contributed by atoms with Gasteiger partial charge >= 0.3 is 0 Å². The first-order valence-corrected chi connectivity index (χ1v) is 13.4. The maximum atomic E-state index is 13.0. The van der Waals surface area contributed by atoms with E-state index < -0.39 is 9.84 Å². The van der Waals surface area contributed by atoms with Crippen molar-refractivity contribution in [2.75, 3.05) is 0 Å². The molecular formula is C27H26N2O3S2. The van der Waals surface area contributed by atoms with Crippen LogP contribution in [0.1, 0.15) is 45.0 Å². The number of hydrogen-bond acceptors (Lipinski definition) is 5. The monoisotopic (exact) mass is 490 g/mol. The van der Waals surface area contributed by atoms with Crippen LogP contribution >= 0.6 is 11.3 Å². The Morgan fingerprint density at radius 2 is 1.68 bits per heavy atom. The van der Waals surface area contributed by atoms with Gasteiger partial charge in [-0.1, -0.05) is 60.2 Å². The summed E-state index contributed by atoms with van der Waals surface area (Å²) in [5, 5.41) is 3.95. The van der Waals surface area contributed by atoms with Crippen molar-refractivity contribution in [3.63, 3.8) is 0 Å². The first-order valence-electron chi connectivity index (χ1n) is 10.9. The van der Waals surface area contributed by atoms with E-state index in [0.29, 0.717) is 11.1 Å². The molecule has 7 heteroatoms. The highest BCUT2D eigenvalue weighted by Gasteiger charge is 2.19. The average molecular weight is 491 g/mol. The highest BCUT2D eigenvalue weighted by atomic mass is 32.2. The largest absolute Gasteiger partial charge is 0.345 e. The van der Waals surface area contributed by atoms with E-state index in [2.05, 4.69) is 29.6 Å². The Bertz CT molecular complexity index is 1410. The number of aryl methyl sites for hydroxylation is 2. The minimum Gasteiger partial charge on any atom is -0.345 e. The SMILES string of the molecule is Cc1ccc(-c2nc(C)c(C(C)NC(=O)c3cccc(CS(=O)(=O)c4ccccc4)c3)s2)cc1. The average Bonchev–Trinajstić information content (AvgIpc) is 3.21. The van der Waals surface area contributed by atoms with Gasteiger partial charge in [0.15, 0.2) is 9.84 Å². The molecule has 1 amide bonds. The third-order valence-electron chi connectivity index (χ3n) is 5.52. The summed E-state index contributed by atoms with van der Waals surface area (Å²) in [5.41, 5.74) is 4.12. The fraction of sp³-hybridized carbons (Fsp3) is 0.185. The molecule has 0 bridgehead atoms. The summed E-state index contributed by atoms with van der Waals surface area (Å²) in [5.74, 6) is -0.419. The van der Waals surface area contributed by atoms with Gasteiger partial charge in [-0.05, 0) is 50.6 Å². The first-order chi connectivity index (χ1) is 16.2. The van der Waals surface area contributed by atoms with Crippen molar-refractivity contribution in [1.29, 1.82) is 0 Å². The number of aromatic nitrogens is 1. The van der Waals surface area contributed by atoms with Crippen molar-refractivity contribution in [2.45, 2.75) is 37.5 Å². The molecule has 0 saturated carbocycles. The van der Waals surface area contributed by atoms with Gasteiger partial charge in [0.1, 0.15) is 5.01 Å². The Hall–Kier alpha value is -3.29. The minimum atomic E-state index is -3.49. The van der Waals surface area contributed by atoms with Gasteiger partial charge in [-0.15, -0.1) is 11.3 Å². The molecule has 0 saturated heterocycles. The van der Waals surface area contributed by atoms with E-state index in [1.165, 1.54) is 5.56 Å². The van der Waals surface area contributed by atoms with Crippen molar-refractivity contribution in [3.8, 4) is 10.6 Å². The van der Waals surface area contributed by atoms with Crippen LogP contribution in [0.15, 0.2) is 83.8 Å². The summed E-state index contributed by atoms with van der Waals surface area (Å²) < 4.78 is 25.4. The standard InChI is InChI=1S/C27H26N2O3S2/c1-18-12-14-22(15-13-18)27-29-20(3)25(33-27)19(2)28-26(30)23-9-7-8-21(16-23)17-34(31,32)24-10-5-4-6-11-24/h4-16,19H,17H2,1-3H3,(H,28,30). The molecule has 1 heterocycles. The van der Waals surface area contributed by atoms with Crippen LogP contribution in [-0.4, -0.2) is 19.3 Å². The zero-order chi connectivity index (χ0) is 24.3. The van der Waals surface area contributed by atoms with Crippen molar-refractivity contribution in [3.05, 3.63) is 106 Å².